The lowest BCUT2D eigenvalue weighted by molar-refractivity contribution is -0.171. The first-order valence-electron chi connectivity index (χ1n) is 11.4. The van der Waals surface area contributed by atoms with Crippen LogP contribution in [0.3, 0.4) is 0 Å². The van der Waals surface area contributed by atoms with Crippen LogP contribution in [0.5, 0.6) is 0 Å². The fourth-order valence-electron chi connectivity index (χ4n) is 2.98. The lowest BCUT2D eigenvalue weighted by Gasteiger charge is -2.26. The van der Waals surface area contributed by atoms with Crippen LogP contribution in [-0.2, 0) is 30.4 Å². The summed E-state index contributed by atoms with van der Waals surface area (Å²) in [6.07, 6.45) is 11.9. The van der Waals surface area contributed by atoms with Gasteiger partial charge in [-0.1, -0.05) is 67.3 Å². The van der Waals surface area contributed by atoms with Gasteiger partial charge in [0.05, 0.1) is 26.4 Å². The van der Waals surface area contributed by atoms with E-state index in [0.717, 1.165) is 18.4 Å². The van der Waals surface area contributed by atoms with E-state index < -0.39 is 17.4 Å². The topological polar surface area (TPSA) is 61.8 Å². The van der Waals surface area contributed by atoms with Crippen molar-refractivity contribution in [3.05, 3.63) is 72.9 Å². The van der Waals surface area contributed by atoms with Gasteiger partial charge in [0.2, 0.25) is 0 Å². The molecule has 0 unspecified atom stereocenters. The van der Waals surface area contributed by atoms with Crippen molar-refractivity contribution in [1.29, 1.82) is 0 Å². The third kappa shape index (κ3) is 10.9. The highest BCUT2D eigenvalue weighted by molar-refractivity contribution is 6.00. The number of hydrogen-bond donors (Lipinski definition) is 0. The molecule has 0 aromatic heterocycles. The van der Waals surface area contributed by atoms with Crippen molar-refractivity contribution in [3.8, 4) is 11.8 Å². The SMILES string of the molecule is C=C/C=C/CCCC#CCC(C/C=C\COCc1ccccc1)(C(=O)OCC)C(=O)OCC. The average Bonchev–Trinajstić information content (AvgIpc) is 2.82. The predicted molar refractivity (Wildman–Crippen MR) is 131 cm³/mol. The number of rotatable bonds is 15. The number of ether oxygens (including phenoxy) is 3. The van der Waals surface area contributed by atoms with Crippen molar-refractivity contribution in [2.24, 2.45) is 5.41 Å². The van der Waals surface area contributed by atoms with Gasteiger partial charge in [-0.15, -0.1) is 11.8 Å². The molecule has 0 heterocycles. The van der Waals surface area contributed by atoms with E-state index in [1.807, 2.05) is 42.5 Å². The molecular weight excluding hydrogens is 416 g/mol. The molecule has 1 aromatic carbocycles. The lowest BCUT2D eigenvalue weighted by atomic mass is 9.81. The maximum absolute atomic E-state index is 12.9. The van der Waals surface area contributed by atoms with Crippen molar-refractivity contribution in [3.63, 3.8) is 0 Å². The van der Waals surface area contributed by atoms with Crippen LogP contribution in [0.1, 0.15) is 51.5 Å². The Morgan fingerprint density at radius 3 is 2.33 bits per heavy atom. The summed E-state index contributed by atoms with van der Waals surface area (Å²) in [7, 11) is 0. The maximum Gasteiger partial charge on any atom is 0.324 e. The number of allylic oxidation sites excluding steroid dienone is 4. The maximum atomic E-state index is 12.9. The predicted octanol–water partition coefficient (Wildman–Crippen LogP) is 5.57. The van der Waals surface area contributed by atoms with Crippen molar-refractivity contribution in [1.82, 2.24) is 0 Å². The van der Waals surface area contributed by atoms with Gasteiger partial charge in [0.25, 0.3) is 0 Å². The summed E-state index contributed by atoms with van der Waals surface area (Å²) in [5, 5.41) is 0. The third-order valence-electron chi connectivity index (χ3n) is 4.75. The molecule has 1 aromatic rings. The number of hydrogen-bond acceptors (Lipinski definition) is 5. The largest absolute Gasteiger partial charge is 0.465 e. The van der Waals surface area contributed by atoms with E-state index in [-0.39, 0.29) is 26.1 Å². The monoisotopic (exact) mass is 452 g/mol. The Hall–Kier alpha value is -3.10. The van der Waals surface area contributed by atoms with E-state index in [1.54, 1.807) is 32.1 Å². The van der Waals surface area contributed by atoms with Gasteiger partial charge in [-0.2, -0.15) is 0 Å². The molecule has 33 heavy (non-hydrogen) atoms. The minimum atomic E-state index is -1.49. The van der Waals surface area contributed by atoms with Crippen LogP contribution in [0.15, 0.2) is 67.3 Å². The van der Waals surface area contributed by atoms with Crippen LogP contribution in [0.25, 0.3) is 0 Å². The zero-order valence-corrected chi connectivity index (χ0v) is 19.9. The highest BCUT2D eigenvalue weighted by atomic mass is 16.6. The lowest BCUT2D eigenvalue weighted by Crippen LogP contribution is -2.41. The summed E-state index contributed by atoms with van der Waals surface area (Å²) in [5.41, 5.74) is -0.411. The molecule has 1 rings (SSSR count). The standard InChI is InChI=1S/C28H36O5/c1-4-7-8-9-10-11-12-16-21-28(26(29)32-5-2,27(30)33-6-3)22-17-18-23-31-24-25-19-14-13-15-20-25/h4,7-8,13-15,17-20H,1,5-6,9-11,21-24H2,2-3H3/b8-7+,18-17-. The Balaban J connectivity index is 2.81. The number of benzene rings is 1. The molecule has 0 bridgehead atoms. The molecule has 0 saturated carbocycles. The molecular formula is C28H36O5. The summed E-state index contributed by atoms with van der Waals surface area (Å²) in [6, 6.07) is 9.85. The van der Waals surface area contributed by atoms with Gasteiger partial charge < -0.3 is 14.2 Å². The molecule has 0 saturated heterocycles. The highest BCUT2D eigenvalue weighted by Gasteiger charge is 2.47. The van der Waals surface area contributed by atoms with Gasteiger partial charge >= 0.3 is 11.9 Å². The summed E-state index contributed by atoms with van der Waals surface area (Å²) < 4.78 is 16.1. The van der Waals surface area contributed by atoms with Gasteiger partial charge in [-0.25, -0.2) is 0 Å². The van der Waals surface area contributed by atoms with Crippen LogP contribution >= 0.6 is 0 Å². The van der Waals surface area contributed by atoms with Crippen LogP contribution < -0.4 is 0 Å². The summed E-state index contributed by atoms with van der Waals surface area (Å²) in [6.45, 7) is 8.26. The molecule has 5 heteroatoms. The van der Waals surface area contributed by atoms with Gasteiger partial charge in [-0.05, 0) is 38.7 Å². The first-order valence-corrected chi connectivity index (χ1v) is 11.4. The minimum absolute atomic E-state index is 0.0440. The number of carbonyl (C=O) groups excluding carboxylic acids is 2. The quantitative estimate of drug-likeness (QED) is 0.0870. The number of unbranched alkanes of at least 4 members (excludes halogenated alkanes) is 2. The molecule has 0 aliphatic heterocycles. The fourth-order valence-corrected chi connectivity index (χ4v) is 2.98. The van der Waals surface area contributed by atoms with E-state index in [4.69, 9.17) is 14.2 Å². The first-order chi connectivity index (χ1) is 16.1. The molecule has 0 fully saturated rings. The van der Waals surface area contributed by atoms with E-state index in [9.17, 15) is 9.59 Å². The molecule has 178 valence electrons. The molecule has 0 amide bonds. The van der Waals surface area contributed by atoms with Crippen molar-refractivity contribution < 1.29 is 23.8 Å². The van der Waals surface area contributed by atoms with Crippen LogP contribution in [0, 0.1) is 17.3 Å². The van der Waals surface area contributed by atoms with Gasteiger partial charge in [0, 0.05) is 12.8 Å². The van der Waals surface area contributed by atoms with Crippen molar-refractivity contribution in [2.45, 2.75) is 52.6 Å². The van der Waals surface area contributed by atoms with Crippen LogP contribution in [0.4, 0.5) is 0 Å². The summed E-state index contributed by atoms with van der Waals surface area (Å²) in [5.74, 6) is 4.86. The van der Waals surface area contributed by atoms with Crippen LogP contribution in [0.2, 0.25) is 0 Å². The van der Waals surface area contributed by atoms with Gasteiger partial charge in [0.1, 0.15) is 0 Å². The second kappa shape index (κ2) is 17.5. The smallest absolute Gasteiger partial charge is 0.324 e. The highest BCUT2D eigenvalue weighted by Crippen LogP contribution is 2.31. The fraction of sp³-hybridized carbons (Fsp3) is 0.429. The zero-order valence-electron chi connectivity index (χ0n) is 19.9. The Labute approximate surface area is 198 Å². The van der Waals surface area contributed by atoms with E-state index in [0.29, 0.717) is 19.6 Å². The molecule has 5 nitrogen and oxygen atoms in total. The van der Waals surface area contributed by atoms with Crippen molar-refractivity contribution in [2.75, 3.05) is 19.8 Å². The summed E-state index contributed by atoms with van der Waals surface area (Å²) in [4.78, 5) is 25.7. The Kier molecular flexibility index (Phi) is 14.8. The molecule has 0 radical (unpaired) electrons. The first kappa shape index (κ1) is 27.9. The molecule has 0 aliphatic rings. The summed E-state index contributed by atoms with van der Waals surface area (Å²) >= 11 is 0. The average molecular weight is 453 g/mol. The third-order valence-corrected chi connectivity index (χ3v) is 4.75. The second-order valence-electron chi connectivity index (χ2n) is 7.29. The second-order valence-corrected chi connectivity index (χ2v) is 7.29. The minimum Gasteiger partial charge on any atom is -0.465 e. The molecule has 0 N–H and O–H groups in total. The van der Waals surface area contributed by atoms with Gasteiger partial charge in [0.15, 0.2) is 5.41 Å². The molecule has 0 atom stereocenters. The number of carbonyl (C=O) groups is 2. The van der Waals surface area contributed by atoms with Crippen molar-refractivity contribution >= 4 is 11.9 Å². The van der Waals surface area contributed by atoms with Gasteiger partial charge in [-0.3, -0.25) is 9.59 Å². The van der Waals surface area contributed by atoms with E-state index in [1.165, 1.54) is 0 Å². The Morgan fingerprint density at radius 1 is 1.00 bits per heavy atom. The van der Waals surface area contributed by atoms with E-state index in [2.05, 4.69) is 18.4 Å². The molecule has 0 spiro atoms. The molecule has 0 aliphatic carbocycles. The normalized spacial score (nSPS) is 11.2. The Bertz CT molecular complexity index is 809. The number of esters is 2. The van der Waals surface area contributed by atoms with Crippen LogP contribution in [-0.4, -0.2) is 31.8 Å². The van der Waals surface area contributed by atoms with E-state index >= 15 is 0 Å². The zero-order chi connectivity index (χ0) is 24.2. The Morgan fingerprint density at radius 2 is 1.70 bits per heavy atom.